The fourth-order valence-corrected chi connectivity index (χ4v) is 1.81. The second-order valence-corrected chi connectivity index (χ2v) is 4.96. The largest absolute Gasteiger partial charge is 0.377 e. The summed E-state index contributed by atoms with van der Waals surface area (Å²) in [6.45, 7) is 8.61. The number of amides is 1. The van der Waals surface area contributed by atoms with E-state index in [9.17, 15) is 4.79 Å². The molecule has 0 aromatic heterocycles. The van der Waals surface area contributed by atoms with Crippen LogP contribution in [-0.4, -0.2) is 42.6 Å². The minimum atomic E-state index is -0.177. The lowest BCUT2D eigenvalue weighted by molar-refractivity contribution is -0.147. The summed E-state index contributed by atoms with van der Waals surface area (Å²) in [5.74, 6) is 0.456. The predicted molar refractivity (Wildman–Crippen MR) is 59.4 cm³/mol. The van der Waals surface area contributed by atoms with Crippen LogP contribution >= 0.6 is 0 Å². The molecule has 1 atom stereocenters. The molecule has 1 rings (SSSR count). The van der Waals surface area contributed by atoms with Crippen molar-refractivity contribution >= 4 is 5.91 Å². The van der Waals surface area contributed by atoms with E-state index in [0.29, 0.717) is 32.7 Å². The summed E-state index contributed by atoms with van der Waals surface area (Å²) in [5, 5.41) is 0. The highest BCUT2D eigenvalue weighted by atomic mass is 16.5. The number of morpholine rings is 1. The van der Waals surface area contributed by atoms with Gasteiger partial charge in [-0.25, -0.2) is 0 Å². The number of ether oxygens (including phenoxy) is 1. The lowest BCUT2D eigenvalue weighted by Crippen LogP contribution is -2.55. The van der Waals surface area contributed by atoms with Crippen LogP contribution in [0.25, 0.3) is 0 Å². The average molecular weight is 214 g/mol. The first-order valence-electron chi connectivity index (χ1n) is 5.55. The van der Waals surface area contributed by atoms with Crippen molar-refractivity contribution in [3.05, 3.63) is 0 Å². The van der Waals surface area contributed by atoms with Crippen molar-refractivity contribution in [3.8, 4) is 0 Å². The van der Waals surface area contributed by atoms with Gasteiger partial charge in [-0.05, 0) is 26.3 Å². The van der Waals surface area contributed by atoms with Crippen molar-refractivity contribution < 1.29 is 9.53 Å². The normalized spacial score (nSPS) is 22.5. The second-order valence-electron chi connectivity index (χ2n) is 4.96. The molecule has 0 aromatic carbocycles. The molecule has 1 heterocycles. The molecule has 4 heteroatoms. The molecule has 0 aliphatic carbocycles. The minimum absolute atomic E-state index is 0.177. The zero-order chi connectivity index (χ0) is 11.5. The lowest BCUT2D eigenvalue weighted by Gasteiger charge is -2.42. The summed E-state index contributed by atoms with van der Waals surface area (Å²) in [6.07, 6.45) is 0.542. The van der Waals surface area contributed by atoms with Gasteiger partial charge in [0.15, 0.2) is 0 Å². The zero-order valence-corrected chi connectivity index (χ0v) is 9.95. The molecule has 1 aliphatic heterocycles. The van der Waals surface area contributed by atoms with Crippen LogP contribution in [0.15, 0.2) is 0 Å². The van der Waals surface area contributed by atoms with Gasteiger partial charge < -0.3 is 15.4 Å². The Morgan fingerprint density at radius 2 is 2.27 bits per heavy atom. The van der Waals surface area contributed by atoms with E-state index in [2.05, 4.69) is 0 Å². The molecule has 15 heavy (non-hydrogen) atoms. The summed E-state index contributed by atoms with van der Waals surface area (Å²) in [7, 11) is 0. The van der Waals surface area contributed by atoms with Crippen molar-refractivity contribution in [3.63, 3.8) is 0 Å². The van der Waals surface area contributed by atoms with Crippen LogP contribution in [0.2, 0.25) is 0 Å². The van der Waals surface area contributed by atoms with Crippen molar-refractivity contribution in [2.75, 3.05) is 26.3 Å². The van der Waals surface area contributed by atoms with Gasteiger partial charge in [0.2, 0.25) is 5.91 Å². The van der Waals surface area contributed by atoms with Crippen LogP contribution in [-0.2, 0) is 9.53 Å². The number of hydrogen-bond donors (Lipinski definition) is 1. The Hall–Kier alpha value is -0.610. The average Bonchev–Trinajstić information content (AvgIpc) is 2.16. The first-order valence-corrected chi connectivity index (χ1v) is 5.55. The maximum atomic E-state index is 12.0. The lowest BCUT2D eigenvalue weighted by atomic mass is 10.00. The minimum Gasteiger partial charge on any atom is -0.377 e. The maximum absolute atomic E-state index is 12.0. The van der Waals surface area contributed by atoms with Gasteiger partial charge in [-0.15, -0.1) is 0 Å². The predicted octanol–water partition coefficient (Wildman–Crippen LogP) is 0.609. The number of carbonyl (C=O) groups excluding carboxylic acids is 1. The van der Waals surface area contributed by atoms with Crippen LogP contribution in [0.1, 0.15) is 27.2 Å². The van der Waals surface area contributed by atoms with Gasteiger partial charge in [0.05, 0.1) is 18.8 Å². The number of nitrogens with zero attached hydrogens (tertiary/aromatic N) is 1. The van der Waals surface area contributed by atoms with Crippen molar-refractivity contribution in [2.45, 2.75) is 32.7 Å². The van der Waals surface area contributed by atoms with Crippen molar-refractivity contribution in [1.29, 1.82) is 0 Å². The second kappa shape index (κ2) is 4.94. The summed E-state index contributed by atoms with van der Waals surface area (Å²) in [6, 6.07) is 0. The van der Waals surface area contributed by atoms with Gasteiger partial charge in [0.25, 0.3) is 0 Å². The Morgan fingerprint density at radius 1 is 1.60 bits per heavy atom. The highest BCUT2D eigenvalue weighted by Crippen LogP contribution is 2.20. The third-order valence-electron chi connectivity index (χ3n) is 2.87. The van der Waals surface area contributed by atoms with E-state index >= 15 is 0 Å². The summed E-state index contributed by atoms with van der Waals surface area (Å²) < 4.78 is 5.38. The van der Waals surface area contributed by atoms with Crippen LogP contribution in [0, 0.1) is 5.92 Å². The fourth-order valence-electron chi connectivity index (χ4n) is 1.81. The third-order valence-corrected chi connectivity index (χ3v) is 2.87. The molecule has 4 nitrogen and oxygen atoms in total. The van der Waals surface area contributed by atoms with Gasteiger partial charge in [0, 0.05) is 13.0 Å². The molecule has 0 aromatic rings. The Kier molecular flexibility index (Phi) is 4.11. The van der Waals surface area contributed by atoms with Gasteiger partial charge in [-0.2, -0.15) is 0 Å². The maximum Gasteiger partial charge on any atom is 0.223 e. The first kappa shape index (κ1) is 12.5. The Bertz CT molecular complexity index is 229. The fraction of sp³-hybridized carbons (Fsp3) is 0.909. The number of hydrogen-bond acceptors (Lipinski definition) is 3. The monoisotopic (exact) mass is 214 g/mol. The molecule has 0 bridgehead atoms. The third kappa shape index (κ3) is 3.18. The molecule has 1 unspecified atom stereocenters. The Morgan fingerprint density at radius 3 is 2.80 bits per heavy atom. The molecular formula is C11H22N2O2. The molecular weight excluding hydrogens is 192 g/mol. The molecule has 0 saturated carbocycles. The van der Waals surface area contributed by atoms with Crippen molar-refractivity contribution in [1.82, 2.24) is 4.90 Å². The van der Waals surface area contributed by atoms with E-state index in [0.717, 1.165) is 0 Å². The van der Waals surface area contributed by atoms with Gasteiger partial charge >= 0.3 is 0 Å². The zero-order valence-electron chi connectivity index (χ0n) is 9.95. The molecule has 1 saturated heterocycles. The quantitative estimate of drug-likeness (QED) is 0.749. The van der Waals surface area contributed by atoms with Crippen LogP contribution in [0.5, 0.6) is 0 Å². The van der Waals surface area contributed by atoms with Gasteiger partial charge in [-0.1, -0.05) is 6.92 Å². The smallest absolute Gasteiger partial charge is 0.223 e. The Balaban J connectivity index is 2.57. The van der Waals surface area contributed by atoms with Gasteiger partial charge in [0.1, 0.15) is 0 Å². The van der Waals surface area contributed by atoms with Crippen molar-refractivity contribution in [2.24, 2.45) is 11.7 Å². The molecule has 1 fully saturated rings. The molecule has 0 spiro atoms. The SMILES string of the molecule is CC(CN)CC(=O)N1CCOCC1(C)C. The van der Waals surface area contributed by atoms with E-state index in [-0.39, 0.29) is 17.4 Å². The van der Waals surface area contributed by atoms with Crippen LogP contribution in [0.3, 0.4) is 0 Å². The van der Waals surface area contributed by atoms with E-state index in [1.54, 1.807) is 0 Å². The van der Waals surface area contributed by atoms with E-state index in [1.165, 1.54) is 0 Å². The highest BCUT2D eigenvalue weighted by molar-refractivity contribution is 5.77. The van der Waals surface area contributed by atoms with Crippen LogP contribution in [0.4, 0.5) is 0 Å². The molecule has 1 aliphatic rings. The summed E-state index contributed by atoms with van der Waals surface area (Å²) >= 11 is 0. The highest BCUT2D eigenvalue weighted by Gasteiger charge is 2.34. The molecule has 0 radical (unpaired) electrons. The summed E-state index contributed by atoms with van der Waals surface area (Å²) in [5.41, 5.74) is 5.35. The topological polar surface area (TPSA) is 55.6 Å². The molecule has 2 N–H and O–H groups in total. The first-order chi connectivity index (χ1) is 6.97. The van der Waals surface area contributed by atoms with E-state index in [1.807, 2.05) is 25.7 Å². The van der Waals surface area contributed by atoms with Crippen LogP contribution < -0.4 is 5.73 Å². The molecule has 88 valence electrons. The standard InChI is InChI=1S/C11H22N2O2/c1-9(7-12)6-10(14)13-4-5-15-8-11(13,2)3/h9H,4-8,12H2,1-3H3. The van der Waals surface area contributed by atoms with E-state index in [4.69, 9.17) is 10.5 Å². The Labute approximate surface area is 91.8 Å². The van der Waals surface area contributed by atoms with Gasteiger partial charge in [-0.3, -0.25) is 4.79 Å². The van der Waals surface area contributed by atoms with E-state index < -0.39 is 0 Å². The number of carbonyl (C=O) groups is 1. The number of nitrogens with two attached hydrogens (primary N) is 1. The number of rotatable bonds is 3. The summed E-state index contributed by atoms with van der Waals surface area (Å²) in [4.78, 5) is 13.9. The molecule has 1 amide bonds.